The molecule has 1 aliphatic rings. The van der Waals surface area contributed by atoms with Crippen LogP contribution in [0.3, 0.4) is 0 Å². The molecular formula is C22H26F3NO2. The van der Waals surface area contributed by atoms with E-state index in [-0.39, 0.29) is 5.92 Å². The molecule has 1 atom stereocenters. The van der Waals surface area contributed by atoms with Crippen molar-refractivity contribution in [2.45, 2.75) is 38.0 Å². The molecule has 0 spiro atoms. The molecule has 0 amide bonds. The van der Waals surface area contributed by atoms with Crippen LogP contribution in [0.5, 0.6) is 11.5 Å². The number of benzene rings is 2. The van der Waals surface area contributed by atoms with Gasteiger partial charge in [0.25, 0.3) is 0 Å². The molecule has 0 aliphatic carbocycles. The standard InChI is InChI=1S/C22H26F3NO2/c1-21(2)14-19(15-6-5-7-16(12-15)22(23,24)25)18-9-8-17(13-20(18)28-21)27-11-10-26(3)4/h5-9,12-13,19H,10-11,14H2,1-4H3. The smallest absolute Gasteiger partial charge is 0.416 e. The fraction of sp³-hybridized carbons (Fsp3) is 0.455. The van der Waals surface area contributed by atoms with Gasteiger partial charge in [0.1, 0.15) is 23.7 Å². The quantitative estimate of drug-likeness (QED) is 0.685. The van der Waals surface area contributed by atoms with Crippen LogP contribution in [0, 0.1) is 0 Å². The highest BCUT2D eigenvalue weighted by atomic mass is 19.4. The van der Waals surface area contributed by atoms with E-state index in [0.29, 0.717) is 30.1 Å². The van der Waals surface area contributed by atoms with E-state index < -0.39 is 17.3 Å². The summed E-state index contributed by atoms with van der Waals surface area (Å²) in [6, 6.07) is 11.2. The molecule has 1 heterocycles. The molecule has 6 heteroatoms. The summed E-state index contributed by atoms with van der Waals surface area (Å²) < 4.78 is 51.4. The Bertz CT molecular complexity index is 831. The molecule has 0 radical (unpaired) electrons. The molecule has 0 saturated heterocycles. The first-order valence-electron chi connectivity index (χ1n) is 9.33. The molecule has 0 bridgehead atoms. The van der Waals surface area contributed by atoms with E-state index in [0.717, 1.165) is 18.2 Å². The molecule has 3 nitrogen and oxygen atoms in total. The van der Waals surface area contributed by atoms with Gasteiger partial charge in [-0.25, -0.2) is 0 Å². The minimum atomic E-state index is -4.36. The number of nitrogens with zero attached hydrogens (tertiary/aromatic N) is 1. The van der Waals surface area contributed by atoms with Crippen molar-refractivity contribution in [3.63, 3.8) is 0 Å². The van der Waals surface area contributed by atoms with Crippen LogP contribution in [0.15, 0.2) is 42.5 Å². The molecular weight excluding hydrogens is 367 g/mol. The van der Waals surface area contributed by atoms with Crippen LogP contribution in [0.4, 0.5) is 13.2 Å². The normalized spacial score (nSPS) is 18.5. The highest BCUT2D eigenvalue weighted by Gasteiger charge is 2.36. The molecule has 1 unspecified atom stereocenters. The molecule has 0 saturated carbocycles. The van der Waals surface area contributed by atoms with Crippen LogP contribution in [0.25, 0.3) is 0 Å². The van der Waals surface area contributed by atoms with E-state index in [1.54, 1.807) is 6.07 Å². The molecule has 0 fully saturated rings. The van der Waals surface area contributed by atoms with Crippen molar-refractivity contribution in [3.05, 3.63) is 59.2 Å². The highest BCUT2D eigenvalue weighted by Crippen LogP contribution is 2.46. The van der Waals surface area contributed by atoms with Crippen molar-refractivity contribution in [1.29, 1.82) is 0 Å². The highest BCUT2D eigenvalue weighted by molar-refractivity contribution is 5.49. The van der Waals surface area contributed by atoms with E-state index in [9.17, 15) is 13.2 Å². The Morgan fingerprint density at radius 2 is 1.89 bits per heavy atom. The molecule has 2 aromatic carbocycles. The van der Waals surface area contributed by atoms with Crippen LogP contribution < -0.4 is 9.47 Å². The third-order valence-corrected chi connectivity index (χ3v) is 4.87. The summed E-state index contributed by atoms with van der Waals surface area (Å²) in [5.41, 5.74) is 0.417. The van der Waals surface area contributed by atoms with Crippen molar-refractivity contribution in [3.8, 4) is 11.5 Å². The van der Waals surface area contributed by atoms with Gasteiger partial charge >= 0.3 is 6.18 Å². The second-order valence-corrected chi connectivity index (χ2v) is 8.09. The SMILES string of the molecule is CN(C)CCOc1ccc2c(c1)OC(C)(C)CC2c1cccc(C(F)(F)F)c1. The lowest BCUT2D eigenvalue weighted by molar-refractivity contribution is -0.137. The summed E-state index contributed by atoms with van der Waals surface area (Å²) in [6.45, 7) is 5.24. The minimum absolute atomic E-state index is 0.170. The summed E-state index contributed by atoms with van der Waals surface area (Å²) >= 11 is 0. The summed E-state index contributed by atoms with van der Waals surface area (Å²) in [4.78, 5) is 2.03. The van der Waals surface area contributed by atoms with Gasteiger partial charge in [-0.05, 0) is 52.1 Å². The number of hydrogen-bond acceptors (Lipinski definition) is 3. The van der Waals surface area contributed by atoms with Gasteiger partial charge in [-0.15, -0.1) is 0 Å². The third-order valence-electron chi connectivity index (χ3n) is 4.87. The van der Waals surface area contributed by atoms with Gasteiger partial charge in [-0.2, -0.15) is 13.2 Å². The Morgan fingerprint density at radius 1 is 1.14 bits per heavy atom. The number of halogens is 3. The lowest BCUT2D eigenvalue weighted by Crippen LogP contribution is -2.35. The maximum atomic E-state index is 13.2. The van der Waals surface area contributed by atoms with Crippen molar-refractivity contribution < 1.29 is 22.6 Å². The van der Waals surface area contributed by atoms with E-state index >= 15 is 0 Å². The average molecular weight is 393 g/mol. The van der Waals surface area contributed by atoms with Crippen LogP contribution in [-0.2, 0) is 6.18 Å². The average Bonchev–Trinajstić information content (AvgIpc) is 2.59. The van der Waals surface area contributed by atoms with Gasteiger partial charge in [0.2, 0.25) is 0 Å². The fourth-order valence-corrected chi connectivity index (χ4v) is 3.50. The van der Waals surface area contributed by atoms with Gasteiger partial charge in [0.05, 0.1) is 5.56 Å². The molecule has 2 aromatic rings. The van der Waals surface area contributed by atoms with Gasteiger partial charge in [0, 0.05) is 24.1 Å². The first kappa shape index (κ1) is 20.5. The lowest BCUT2D eigenvalue weighted by Gasteiger charge is -2.38. The zero-order valence-corrected chi connectivity index (χ0v) is 16.6. The van der Waals surface area contributed by atoms with Gasteiger partial charge in [-0.1, -0.05) is 24.3 Å². The van der Waals surface area contributed by atoms with Crippen molar-refractivity contribution in [2.24, 2.45) is 0 Å². The molecule has 3 rings (SSSR count). The fourth-order valence-electron chi connectivity index (χ4n) is 3.50. The van der Waals surface area contributed by atoms with E-state index in [1.807, 2.05) is 51.0 Å². The Morgan fingerprint density at radius 3 is 2.57 bits per heavy atom. The monoisotopic (exact) mass is 393 g/mol. The predicted molar refractivity (Wildman–Crippen MR) is 103 cm³/mol. The van der Waals surface area contributed by atoms with Gasteiger partial charge < -0.3 is 14.4 Å². The summed E-state index contributed by atoms with van der Waals surface area (Å²) in [6.07, 6.45) is -3.76. The number of hydrogen-bond donors (Lipinski definition) is 0. The van der Waals surface area contributed by atoms with Gasteiger partial charge in [0.15, 0.2) is 0 Å². The van der Waals surface area contributed by atoms with Crippen molar-refractivity contribution in [2.75, 3.05) is 27.2 Å². The second kappa shape index (κ2) is 7.66. The summed E-state index contributed by atoms with van der Waals surface area (Å²) in [5.74, 6) is 1.19. The van der Waals surface area contributed by atoms with Crippen LogP contribution >= 0.6 is 0 Å². The Kier molecular flexibility index (Phi) is 5.62. The summed E-state index contributed by atoms with van der Waals surface area (Å²) in [5, 5.41) is 0. The Balaban J connectivity index is 1.93. The van der Waals surface area contributed by atoms with Crippen molar-refractivity contribution in [1.82, 2.24) is 4.90 Å². The first-order chi connectivity index (χ1) is 13.0. The number of rotatable bonds is 5. The number of likely N-dealkylation sites (N-methyl/N-ethyl adjacent to an activating group) is 1. The van der Waals surface area contributed by atoms with Crippen LogP contribution in [-0.4, -0.2) is 37.7 Å². The minimum Gasteiger partial charge on any atom is -0.492 e. The van der Waals surface area contributed by atoms with Crippen LogP contribution in [0.1, 0.15) is 42.9 Å². The largest absolute Gasteiger partial charge is 0.492 e. The van der Waals surface area contributed by atoms with Crippen molar-refractivity contribution >= 4 is 0 Å². The molecule has 28 heavy (non-hydrogen) atoms. The molecule has 152 valence electrons. The van der Waals surface area contributed by atoms with E-state index in [1.165, 1.54) is 12.1 Å². The van der Waals surface area contributed by atoms with Crippen LogP contribution in [0.2, 0.25) is 0 Å². The number of ether oxygens (including phenoxy) is 2. The predicted octanol–water partition coefficient (Wildman–Crippen LogP) is 5.34. The maximum Gasteiger partial charge on any atom is 0.416 e. The molecule has 1 aliphatic heterocycles. The number of alkyl halides is 3. The summed E-state index contributed by atoms with van der Waals surface area (Å²) in [7, 11) is 3.95. The second-order valence-electron chi connectivity index (χ2n) is 8.09. The molecule has 0 N–H and O–H groups in total. The zero-order valence-electron chi connectivity index (χ0n) is 16.6. The Hall–Kier alpha value is -2.21. The molecule has 0 aromatic heterocycles. The van der Waals surface area contributed by atoms with E-state index in [2.05, 4.69) is 0 Å². The Labute approximate surface area is 164 Å². The zero-order chi connectivity index (χ0) is 20.5. The third kappa shape index (κ3) is 4.79. The lowest BCUT2D eigenvalue weighted by atomic mass is 9.79. The van der Waals surface area contributed by atoms with E-state index in [4.69, 9.17) is 9.47 Å². The number of fused-ring (bicyclic) bond motifs is 1. The first-order valence-corrected chi connectivity index (χ1v) is 9.33. The van der Waals surface area contributed by atoms with Gasteiger partial charge in [-0.3, -0.25) is 0 Å². The maximum absolute atomic E-state index is 13.2. The topological polar surface area (TPSA) is 21.7 Å².